The third-order valence-electron chi connectivity index (χ3n) is 2.36. The lowest BCUT2D eigenvalue weighted by molar-refractivity contribution is -0.136. The summed E-state index contributed by atoms with van der Waals surface area (Å²) in [6, 6.07) is 6.48. The van der Waals surface area contributed by atoms with Gasteiger partial charge in [0.15, 0.2) is 0 Å². The maximum atomic E-state index is 11.5. The molecule has 0 heterocycles. The van der Waals surface area contributed by atoms with E-state index in [9.17, 15) is 9.59 Å². The summed E-state index contributed by atoms with van der Waals surface area (Å²) < 4.78 is 0.885. The third-order valence-corrected chi connectivity index (χ3v) is 2.89. The van der Waals surface area contributed by atoms with Crippen molar-refractivity contribution < 1.29 is 14.7 Å². The van der Waals surface area contributed by atoms with E-state index in [-0.39, 0.29) is 6.61 Å². The minimum atomic E-state index is -0.751. The number of hydrogen-bond acceptors (Lipinski definition) is 3. The molecule has 0 spiro atoms. The van der Waals surface area contributed by atoms with E-state index in [1.165, 1.54) is 0 Å². The van der Waals surface area contributed by atoms with Crippen molar-refractivity contribution >= 4 is 33.4 Å². The Morgan fingerprint density at radius 1 is 1.28 bits per heavy atom. The van der Waals surface area contributed by atoms with Gasteiger partial charge in [-0.05, 0) is 30.7 Å². The summed E-state index contributed by atoms with van der Waals surface area (Å²) in [5.41, 5.74) is 0.537. The number of benzene rings is 1. The Hall–Kier alpha value is -1.40. The predicted octanol–water partition coefficient (Wildman–Crippen LogP) is 1.27. The molecule has 1 aromatic carbocycles. The molecule has 0 aliphatic rings. The molecule has 0 aliphatic carbocycles. The number of halogens is 1. The highest BCUT2D eigenvalue weighted by atomic mass is 79.9. The van der Waals surface area contributed by atoms with Crippen molar-refractivity contribution in [3.05, 3.63) is 28.7 Å². The topological polar surface area (TPSA) is 78.4 Å². The fraction of sp³-hybridized carbons (Fsp3) is 0.333. The van der Waals surface area contributed by atoms with Crippen LogP contribution in [0.3, 0.4) is 0 Å². The number of anilines is 1. The average molecular weight is 315 g/mol. The number of hydrogen-bond donors (Lipinski definition) is 3. The van der Waals surface area contributed by atoms with Crippen LogP contribution in [-0.2, 0) is 9.59 Å². The SMILES string of the molecule is CC[C@H](CO)NC(=O)C(=O)Nc1ccc(Br)cc1. The zero-order valence-corrected chi connectivity index (χ0v) is 11.5. The van der Waals surface area contributed by atoms with Crippen LogP contribution in [0.25, 0.3) is 0 Å². The van der Waals surface area contributed by atoms with Crippen LogP contribution in [0.5, 0.6) is 0 Å². The second-order valence-electron chi connectivity index (χ2n) is 3.72. The molecule has 0 saturated heterocycles. The number of nitrogens with one attached hydrogen (secondary N) is 2. The molecule has 5 nitrogen and oxygen atoms in total. The molecule has 1 atom stereocenters. The Morgan fingerprint density at radius 3 is 2.39 bits per heavy atom. The standard InChI is InChI=1S/C12H15BrN2O3/c1-2-9(7-16)14-11(17)12(18)15-10-5-3-8(13)4-6-10/h3-6,9,16H,2,7H2,1H3,(H,14,17)(H,15,18)/t9-/m1/s1. The molecule has 0 bridgehead atoms. The van der Waals surface area contributed by atoms with Crippen LogP contribution in [0.2, 0.25) is 0 Å². The minimum Gasteiger partial charge on any atom is -0.394 e. The van der Waals surface area contributed by atoms with E-state index in [0.29, 0.717) is 12.1 Å². The summed E-state index contributed by atoms with van der Waals surface area (Å²) in [7, 11) is 0. The molecule has 18 heavy (non-hydrogen) atoms. The van der Waals surface area contributed by atoms with Crippen LogP contribution in [-0.4, -0.2) is 29.6 Å². The normalized spacial score (nSPS) is 11.7. The molecule has 98 valence electrons. The molecule has 0 radical (unpaired) electrons. The average Bonchev–Trinajstić information content (AvgIpc) is 2.38. The number of amides is 2. The summed E-state index contributed by atoms with van der Waals surface area (Å²) in [6.07, 6.45) is 0.563. The van der Waals surface area contributed by atoms with Crippen molar-refractivity contribution in [2.75, 3.05) is 11.9 Å². The molecular weight excluding hydrogens is 300 g/mol. The van der Waals surface area contributed by atoms with E-state index in [2.05, 4.69) is 26.6 Å². The van der Waals surface area contributed by atoms with Crippen LogP contribution >= 0.6 is 15.9 Å². The van der Waals surface area contributed by atoms with Gasteiger partial charge in [0.05, 0.1) is 12.6 Å². The maximum Gasteiger partial charge on any atom is 0.313 e. The van der Waals surface area contributed by atoms with Gasteiger partial charge in [-0.25, -0.2) is 0 Å². The Kier molecular flexibility index (Phi) is 5.80. The molecule has 1 aromatic rings. The smallest absolute Gasteiger partial charge is 0.313 e. The van der Waals surface area contributed by atoms with Gasteiger partial charge in [0.2, 0.25) is 0 Å². The summed E-state index contributed by atoms with van der Waals surface area (Å²) >= 11 is 3.27. The van der Waals surface area contributed by atoms with Gasteiger partial charge >= 0.3 is 11.8 Å². The van der Waals surface area contributed by atoms with Crippen molar-refractivity contribution in [3.63, 3.8) is 0 Å². The molecular formula is C12H15BrN2O3. The lowest BCUT2D eigenvalue weighted by Gasteiger charge is -2.13. The lowest BCUT2D eigenvalue weighted by atomic mass is 10.2. The Labute approximate surface area is 114 Å². The number of carbonyl (C=O) groups is 2. The predicted molar refractivity (Wildman–Crippen MR) is 72.1 cm³/mol. The number of aliphatic hydroxyl groups excluding tert-OH is 1. The largest absolute Gasteiger partial charge is 0.394 e. The zero-order valence-electron chi connectivity index (χ0n) is 9.94. The first-order valence-corrected chi connectivity index (χ1v) is 6.34. The summed E-state index contributed by atoms with van der Waals surface area (Å²) in [4.78, 5) is 23.0. The lowest BCUT2D eigenvalue weighted by Crippen LogP contribution is -2.43. The van der Waals surface area contributed by atoms with Crippen molar-refractivity contribution in [2.24, 2.45) is 0 Å². The van der Waals surface area contributed by atoms with Crippen molar-refractivity contribution in [3.8, 4) is 0 Å². The molecule has 6 heteroatoms. The molecule has 3 N–H and O–H groups in total. The van der Waals surface area contributed by atoms with E-state index in [4.69, 9.17) is 5.11 Å². The van der Waals surface area contributed by atoms with Crippen molar-refractivity contribution in [2.45, 2.75) is 19.4 Å². The molecule has 0 fully saturated rings. The van der Waals surface area contributed by atoms with Crippen LogP contribution in [0.1, 0.15) is 13.3 Å². The van der Waals surface area contributed by atoms with Gasteiger partial charge in [-0.1, -0.05) is 22.9 Å². The van der Waals surface area contributed by atoms with E-state index >= 15 is 0 Å². The van der Waals surface area contributed by atoms with E-state index in [0.717, 1.165) is 4.47 Å². The first-order valence-electron chi connectivity index (χ1n) is 5.55. The molecule has 0 aliphatic heterocycles. The highest BCUT2D eigenvalue weighted by Gasteiger charge is 2.17. The Bertz CT molecular complexity index is 416. The van der Waals surface area contributed by atoms with Gasteiger partial charge < -0.3 is 15.7 Å². The third kappa shape index (κ3) is 4.46. The Morgan fingerprint density at radius 2 is 1.89 bits per heavy atom. The van der Waals surface area contributed by atoms with Gasteiger partial charge in [-0.15, -0.1) is 0 Å². The molecule has 0 saturated carbocycles. The number of carbonyl (C=O) groups excluding carboxylic acids is 2. The van der Waals surface area contributed by atoms with Crippen molar-refractivity contribution in [1.82, 2.24) is 5.32 Å². The highest BCUT2D eigenvalue weighted by molar-refractivity contribution is 9.10. The summed E-state index contributed by atoms with van der Waals surface area (Å²) in [6.45, 7) is 1.63. The fourth-order valence-corrected chi connectivity index (χ4v) is 1.51. The van der Waals surface area contributed by atoms with Crippen molar-refractivity contribution in [1.29, 1.82) is 0 Å². The second kappa shape index (κ2) is 7.13. The van der Waals surface area contributed by atoms with Gasteiger partial charge in [0.1, 0.15) is 0 Å². The fourth-order valence-electron chi connectivity index (χ4n) is 1.25. The summed E-state index contributed by atoms with van der Waals surface area (Å²) in [5, 5.41) is 13.8. The van der Waals surface area contributed by atoms with Gasteiger partial charge in [0, 0.05) is 10.2 Å². The molecule has 1 rings (SSSR count). The van der Waals surface area contributed by atoms with E-state index in [1.54, 1.807) is 24.3 Å². The first-order chi connectivity index (χ1) is 8.56. The van der Waals surface area contributed by atoms with Gasteiger partial charge in [-0.2, -0.15) is 0 Å². The Balaban J connectivity index is 2.54. The highest BCUT2D eigenvalue weighted by Crippen LogP contribution is 2.13. The van der Waals surface area contributed by atoms with Crippen LogP contribution < -0.4 is 10.6 Å². The summed E-state index contributed by atoms with van der Waals surface area (Å²) in [5.74, 6) is -1.50. The van der Waals surface area contributed by atoms with Crippen LogP contribution in [0.4, 0.5) is 5.69 Å². The molecule has 2 amide bonds. The monoisotopic (exact) mass is 314 g/mol. The molecule has 0 unspecified atom stereocenters. The molecule has 0 aromatic heterocycles. The first kappa shape index (κ1) is 14.7. The quantitative estimate of drug-likeness (QED) is 0.732. The maximum absolute atomic E-state index is 11.5. The van der Waals surface area contributed by atoms with E-state index < -0.39 is 17.9 Å². The number of rotatable bonds is 4. The van der Waals surface area contributed by atoms with Crippen LogP contribution in [0, 0.1) is 0 Å². The second-order valence-corrected chi connectivity index (χ2v) is 4.64. The van der Waals surface area contributed by atoms with E-state index in [1.807, 2.05) is 6.92 Å². The minimum absolute atomic E-state index is 0.187. The van der Waals surface area contributed by atoms with Gasteiger partial charge in [0.25, 0.3) is 0 Å². The van der Waals surface area contributed by atoms with Gasteiger partial charge in [-0.3, -0.25) is 9.59 Å². The zero-order chi connectivity index (χ0) is 13.5. The number of aliphatic hydroxyl groups is 1. The van der Waals surface area contributed by atoms with Crippen LogP contribution in [0.15, 0.2) is 28.7 Å².